The lowest BCUT2D eigenvalue weighted by Crippen LogP contribution is -2.45. The van der Waals surface area contributed by atoms with Crippen LogP contribution >= 0.6 is 0 Å². The molecule has 0 spiro atoms. The Morgan fingerprint density at radius 1 is 1.20 bits per heavy atom. The Bertz CT molecular complexity index is 497. The highest BCUT2D eigenvalue weighted by Gasteiger charge is 2.22. The first-order valence-electron chi connectivity index (χ1n) is 6.37. The zero-order valence-electron chi connectivity index (χ0n) is 11.6. The van der Waals surface area contributed by atoms with Crippen LogP contribution in [0.25, 0.3) is 0 Å². The van der Waals surface area contributed by atoms with E-state index < -0.39 is 17.9 Å². The Hall–Kier alpha value is -2.37. The number of primary amides is 1. The van der Waals surface area contributed by atoms with E-state index in [4.69, 9.17) is 5.73 Å². The van der Waals surface area contributed by atoms with Gasteiger partial charge < -0.3 is 16.4 Å². The molecule has 1 aromatic rings. The molecule has 0 aromatic heterocycles. The molecule has 0 bridgehead atoms. The van der Waals surface area contributed by atoms with Crippen LogP contribution in [0.3, 0.4) is 0 Å². The van der Waals surface area contributed by atoms with E-state index in [-0.39, 0.29) is 18.7 Å². The van der Waals surface area contributed by atoms with Gasteiger partial charge >= 0.3 is 0 Å². The largest absolute Gasteiger partial charge is 0.370 e. The number of hydrogen-bond donors (Lipinski definition) is 3. The van der Waals surface area contributed by atoms with Crippen LogP contribution in [0.1, 0.15) is 25.3 Å². The number of carbonyl (C=O) groups excluding carboxylic acids is 3. The minimum absolute atomic E-state index is 0.229. The quantitative estimate of drug-likeness (QED) is 0.713. The van der Waals surface area contributed by atoms with Crippen molar-refractivity contribution in [3.8, 4) is 0 Å². The minimum atomic E-state index is -0.957. The Morgan fingerprint density at radius 3 is 2.30 bits per heavy atom. The van der Waals surface area contributed by atoms with E-state index in [0.29, 0.717) is 5.69 Å². The van der Waals surface area contributed by atoms with E-state index >= 15 is 0 Å². The molecule has 0 aliphatic carbocycles. The van der Waals surface area contributed by atoms with E-state index in [1.54, 1.807) is 19.1 Å². The second-order valence-electron chi connectivity index (χ2n) is 4.50. The number of rotatable bonds is 6. The molecule has 20 heavy (non-hydrogen) atoms. The first kappa shape index (κ1) is 15.7. The summed E-state index contributed by atoms with van der Waals surface area (Å²) in [4.78, 5) is 34.4. The van der Waals surface area contributed by atoms with Crippen LogP contribution in [-0.4, -0.2) is 23.8 Å². The van der Waals surface area contributed by atoms with Crippen LogP contribution in [0, 0.1) is 6.92 Å². The molecule has 1 atom stereocenters. The number of hydrogen-bond acceptors (Lipinski definition) is 3. The number of carbonyl (C=O) groups is 3. The topological polar surface area (TPSA) is 101 Å². The standard InChI is InChI=1S/C14H19N3O3/c1-3-13(19)17-11(8-12(15)18)14(20)16-10-6-4-9(2)5-7-10/h4-7,11H,3,8H2,1-2H3,(H2,15,18)(H,16,20)(H,17,19)/t11-/m0/s1. The normalized spacial score (nSPS) is 11.5. The molecular formula is C14H19N3O3. The van der Waals surface area contributed by atoms with Gasteiger partial charge in [-0.15, -0.1) is 0 Å². The van der Waals surface area contributed by atoms with Crippen LogP contribution in [0.15, 0.2) is 24.3 Å². The molecular weight excluding hydrogens is 258 g/mol. The summed E-state index contributed by atoms with van der Waals surface area (Å²) in [5.74, 6) is -1.42. The van der Waals surface area contributed by atoms with Crippen molar-refractivity contribution in [1.82, 2.24) is 5.32 Å². The first-order valence-corrected chi connectivity index (χ1v) is 6.37. The smallest absolute Gasteiger partial charge is 0.247 e. The molecule has 3 amide bonds. The maximum Gasteiger partial charge on any atom is 0.247 e. The fourth-order valence-corrected chi connectivity index (χ4v) is 1.57. The Balaban J connectivity index is 2.73. The molecule has 6 nitrogen and oxygen atoms in total. The fraction of sp³-hybridized carbons (Fsp3) is 0.357. The van der Waals surface area contributed by atoms with Crippen molar-refractivity contribution in [3.05, 3.63) is 29.8 Å². The summed E-state index contributed by atoms with van der Waals surface area (Å²) >= 11 is 0. The predicted molar refractivity (Wildman–Crippen MR) is 75.8 cm³/mol. The van der Waals surface area contributed by atoms with E-state index in [1.165, 1.54) is 0 Å². The lowest BCUT2D eigenvalue weighted by molar-refractivity contribution is -0.128. The van der Waals surface area contributed by atoms with E-state index in [2.05, 4.69) is 10.6 Å². The summed E-state index contributed by atoms with van der Waals surface area (Å²) in [6, 6.07) is 6.24. The van der Waals surface area contributed by atoms with Gasteiger partial charge in [-0.05, 0) is 19.1 Å². The number of nitrogens with one attached hydrogen (secondary N) is 2. The van der Waals surface area contributed by atoms with Crippen molar-refractivity contribution < 1.29 is 14.4 Å². The summed E-state index contributed by atoms with van der Waals surface area (Å²) in [6.07, 6.45) is -0.00346. The number of aryl methyl sites for hydroxylation is 1. The van der Waals surface area contributed by atoms with Gasteiger partial charge in [-0.3, -0.25) is 14.4 Å². The third kappa shape index (κ3) is 5.09. The summed E-state index contributed by atoms with van der Waals surface area (Å²) in [6.45, 7) is 3.59. The third-order valence-electron chi connectivity index (χ3n) is 2.70. The molecule has 1 rings (SSSR count). The third-order valence-corrected chi connectivity index (χ3v) is 2.70. The summed E-state index contributed by atoms with van der Waals surface area (Å²) in [5.41, 5.74) is 6.76. The lowest BCUT2D eigenvalue weighted by atomic mass is 10.1. The summed E-state index contributed by atoms with van der Waals surface area (Å²) in [5, 5.41) is 5.12. The molecule has 0 heterocycles. The summed E-state index contributed by atoms with van der Waals surface area (Å²) in [7, 11) is 0. The van der Waals surface area contributed by atoms with E-state index in [0.717, 1.165) is 5.56 Å². The Morgan fingerprint density at radius 2 is 1.80 bits per heavy atom. The minimum Gasteiger partial charge on any atom is -0.370 e. The second-order valence-corrected chi connectivity index (χ2v) is 4.50. The van der Waals surface area contributed by atoms with Gasteiger partial charge in [-0.2, -0.15) is 0 Å². The highest BCUT2D eigenvalue weighted by atomic mass is 16.2. The molecule has 0 unspecified atom stereocenters. The van der Waals surface area contributed by atoms with Crippen molar-refractivity contribution in [2.24, 2.45) is 5.73 Å². The summed E-state index contributed by atoms with van der Waals surface area (Å²) < 4.78 is 0. The van der Waals surface area contributed by atoms with Crippen molar-refractivity contribution in [1.29, 1.82) is 0 Å². The zero-order chi connectivity index (χ0) is 15.1. The molecule has 0 saturated heterocycles. The van der Waals surface area contributed by atoms with Gasteiger partial charge in [0, 0.05) is 12.1 Å². The van der Waals surface area contributed by atoms with Gasteiger partial charge in [0.25, 0.3) is 0 Å². The molecule has 0 fully saturated rings. The van der Waals surface area contributed by atoms with Crippen LogP contribution < -0.4 is 16.4 Å². The van der Waals surface area contributed by atoms with Crippen molar-refractivity contribution in [2.45, 2.75) is 32.7 Å². The average Bonchev–Trinajstić information content (AvgIpc) is 2.39. The molecule has 0 saturated carbocycles. The molecule has 0 aliphatic rings. The number of anilines is 1. The molecule has 108 valence electrons. The van der Waals surface area contributed by atoms with Crippen molar-refractivity contribution in [2.75, 3.05) is 5.32 Å². The van der Waals surface area contributed by atoms with Gasteiger partial charge in [0.05, 0.1) is 6.42 Å². The van der Waals surface area contributed by atoms with Gasteiger partial charge in [-0.25, -0.2) is 0 Å². The molecule has 6 heteroatoms. The molecule has 0 aliphatic heterocycles. The van der Waals surface area contributed by atoms with E-state index in [9.17, 15) is 14.4 Å². The van der Waals surface area contributed by atoms with Crippen molar-refractivity contribution >= 4 is 23.4 Å². The molecule has 1 aromatic carbocycles. The molecule has 4 N–H and O–H groups in total. The maximum absolute atomic E-state index is 12.1. The monoisotopic (exact) mass is 277 g/mol. The average molecular weight is 277 g/mol. The van der Waals surface area contributed by atoms with Gasteiger partial charge in [-0.1, -0.05) is 24.6 Å². The SMILES string of the molecule is CCC(=O)N[C@@H](CC(N)=O)C(=O)Nc1ccc(C)cc1. The second kappa shape index (κ2) is 7.28. The Labute approximate surface area is 117 Å². The van der Waals surface area contributed by atoms with Gasteiger partial charge in [0.1, 0.15) is 6.04 Å². The van der Waals surface area contributed by atoms with Gasteiger partial charge in [0.2, 0.25) is 17.7 Å². The number of nitrogens with two attached hydrogens (primary N) is 1. The highest BCUT2D eigenvalue weighted by molar-refractivity contribution is 5.99. The zero-order valence-corrected chi connectivity index (χ0v) is 11.6. The van der Waals surface area contributed by atoms with Crippen LogP contribution in [0.2, 0.25) is 0 Å². The molecule has 0 radical (unpaired) electrons. The number of amides is 3. The van der Waals surface area contributed by atoms with Crippen LogP contribution in [0.5, 0.6) is 0 Å². The maximum atomic E-state index is 12.1. The highest BCUT2D eigenvalue weighted by Crippen LogP contribution is 2.09. The number of benzene rings is 1. The fourth-order valence-electron chi connectivity index (χ4n) is 1.57. The lowest BCUT2D eigenvalue weighted by Gasteiger charge is -2.16. The van der Waals surface area contributed by atoms with Crippen molar-refractivity contribution in [3.63, 3.8) is 0 Å². The van der Waals surface area contributed by atoms with Gasteiger partial charge in [0.15, 0.2) is 0 Å². The first-order chi connectivity index (χ1) is 9.42. The Kier molecular flexibility index (Phi) is 5.71. The predicted octanol–water partition coefficient (Wildman–Crippen LogP) is 0.704. The van der Waals surface area contributed by atoms with Crippen LogP contribution in [-0.2, 0) is 14.4 Å². The van der Waals surface area contributed by atoms with E-state index in [1.807, 2.05) is 19.1 Å². The van der Waals surface area contributed by atoms with Crippen LogP contribution in [0.4, 0.5) is 5.69 Å².